The molecule has 0 saturated carbocycles. The molecular weight excluding hydrogens is 253 g/mol. The Balaban J connectivity index is 2.97. The number of carbonyl (C=O) groups excluding carboxylic acids is 1. The van der Waals surface area contributed by atoms with Gasteiger partial charge in [-0.05, 0) is 25.5 Å². The van der Waals surface area contributed by atoms with Crippen LogP contribution in [0.2, 0.25) is 0 Å². The molecule has 0 saturated heterocycles. The van der Waals surface area contributed by atoms with Crippen LogP contribution in [0, 0.1) is 5.82 Å². The summed E-state index contributed by atoms with van der Waals surface area (Å²) in [4.78, 5) is 23.1. The van der Waals surface area contributed by atoms with Gasteiger partial charge in [-0.1, -0.05) is 13.3 Å². The van der Waals surface area contributed by atoms with Gasteiger partial charge in [0.25, 0.3) is 5.91 Å². The Morgan fingerprint density at radius 2 is 2.05 bits per heavy atom. The monoisotopic (exact) mass is 269 g/mol. The number of aromatic hydroxyl groups is 1. The molecule has 0 aliphatic heterocycles. The zero-order chi connectivity index (χ0) is 14.6. The fourth-order valence-electron chi connectivity index (χ4n) is 1.74. The fraction of sp³-hybridized carbons (Fsp3) is 0.385. The van der Waals surface area contributed by atoms with Crippen molar-refractivity contribution in [2.75, 3.05) is 0 Å². The summed E-state index contributed by atoms with van der Waals surface area (Å²) in [6, 6.07) is 2.92. The summed E-state index contributed by atoms with van der Waals surface area (Å²) in [5, 5.41) is 21.0. The molecule has 1 aromatic carbocycles. The Hall–Kier alpha value is -2.11. The van der Waals surface area contributed by atoms with Gasteiger partial charge in [-0.15, -0.1) is 0 Å². The normalized spacial score (nSPS) is 13.6. The smallest absolute Gasteiger partial charge is 0.329 e. The first kappa shape index (κ1) is 14.9. The number of benzene rings is 1. The van der Waals surface area contributed by atoms with Gasteiger partial charge in [-0.3, -0.25) is 4.79 Å². The Kier molecular flexibility index (Phi) is 4.47. The van der Waals surface area contributed by atoms with Gasteiger partial charge >= 0.3 is 5.97 Å². The van der Waals surface area contributed by atoms with E-state index in [1.54, 1.807) is 6.92 Å². The highest BCUT2D eigenvalue weighted by atomic mass is 19.1. The van der Waals surface area contributed by atoms with Gasteiger partial charge in [0.2, 0.25) is 0 Å². The molecule has 5 nitrogen and oxygen atoms in total. The van der Waals surface area contributed by atoms with Crippen LogP contribution in [0.25, 0.3) is 0 Å². The van der Waals surface area contributed by atoms with E-state index in [1.165, 1.54) is 6.92 Å². The van der Waals surface area contributed by atoms with Gasteiger partial charge in [0.05, 0.1) is 5.56 Å². The SMILES string of the molecule is CCCC(C)(NC(=O)c1ccc(F)cc1O)C(=O)O. The Morgan fingerprint density at radius 3 is 2.53 bits per heavy atom. The average molecular weight is 269 g/mol. The second-order valence-corrected chi connectivity index (χ2v) is 4.50. The fourth-order valence-corrected chi connectivity index (χ4v) is 1.74. The van der Waals surface area contributed by atoms with Gasteiger partial charge in [0, 0.05) is 6.07 Å². The maximum Gasteiger partial charge on any atom is 0.329 e. The molecule has 0 bridgehead atoms. The molecule has 0 aliphatic rings. The van der Waals surface area contributed by atoms with E-state index >= 15 is 0 Å². The van der Waals surface area contributed by atoms with E-state index in [2.05, 4.69) is 5.32 Å². The van der Waals surface area contributed by atoms with Gasteiger partial charge in [-0.2, -0.15) is 0 Å². The second-order valence-electron chi connectivity index (χ2n) is 4.50. The summed E-state index contributed by atoms with van der Waals surface area (Å²) >= 11 is 0. The lowest BCUT2D eigenvalue weighted by molar-refractivity contribution is -0.144. The number of carbonyl (C=O) groups is 2. The molecule has 1 aromatic rings. The van der Waals surface area contributed by atoms with Crippen molar-refractivity contribution in [1.29, 1.82) is 0 Å². The van der Waals surface area contributed by atoms with Crippen molar-refractivity contribution in [3.05, 3.63) is 29.6 Å². The van der Waals surface area contributed by atoms with E-state index in [9.17, 15) is 19.1 Å². The Morgan fingerprint density at radius 1 is 1.42 bits per heavy atom. The molecular formula is C13H16FNO4. The van der Waals surface area contributed by atoms with E-state index in [1.807, 2.05) is 0 Å². The summed E-state index contributed by atoms with van der Waals surface area (Å²) in [5.74, 6) is -3.12. The van der Waals surface area contributed by atoms with Gasteiger partial charge < -0.3 is 15.5 Å². The molecule has 19 heavy (non-hydrogen) atoms. The lowest BCUT2D eigenvalue weighted by Crippen LogP contribution is -2.52. The number of carboxylic acids is 1. The van der Waals surface area contributed by atoms with Crippen molar-refractivity contribution in [2.24, 2.45) is 0 Å². The van der Waals surface area contributed by atoms with E-state index in [0.29, 0.717) is 6.42 Å². The molecule has 104 valence electrons. The Labute approximate surface area is 110 Å². The van der Waals surface area contributed by atoms with Crippen LogP contribution in [0.4, 0.5) is 4.39 Å². The van der Waals surface area contributed by atoms with Crippen molar-refractivity contribution >= 4 is 11.9 Å². The van der Waals surface area contributed by atoms with Gasteiger partial charge in [0.15, 0.2) is 0 Å². The summed E-state index contributed by atoms with van der Waals surface area (Å²) in [6.45, 7) is 3.18. The number of rotatable bonds is 5. The summed E-state index contributed by atoms with van der Waals surface area (Å²) in [5.41, 5.74) is -1.59. The van der Waals surface area contributed by atoms with Crippen molar-refractivity contribution in [3.8, 4) is 5.75 Å². The van der Waals surface area contributed by atoms with Crippen molar-refractivity contribution in [2.45, 2.75) is 32.2 Å². The van der Waals surface area contributed by atoms with Crippen LogP contribution >= 0.6 is 0 Å². The van der Waals surface area contributed by atoms with Crippen LogP contribution in [0.5, 0.6) is 5.75 Å². The summed E-state index contributed by atoms with van der Waals surface area (Å²) < 4.78 is 12.8. The molecule has 1 rings (SSSR count). The molecule has 0 fully saturated rings. The van der Waals surface area contributed by atoms with Crippen molar-refractivity contribution in [3.63, 3.8) is 0 Å². The van der Waals surface area contributed by atoms with Crippen LogP contribution in [-0.4, -0.2) is 27.6 Å². The van der Waals surface area contributed by atoms with E-state index in [0.717, 1.165) is 18.2 Å². The quantitative estimate of drug-likeness (QED) is 0.762. The lowest BCUT2D eigenvalue weighted by Gasteiger charge is -2.25. The van der Waals surface area contributed by atoms with Crippen LogP contribution in [-0.2, 0) is 4.79 Å². The minimum absolute atomic E-state index is 0.162. The number of aliphatic carboxylic acids is 1. The number of amides is 1. The number of hydrogen-bond acceptors (Lipinski definition) is 3. The number of phenols is 1. The third kappa shape index (κ3) is 3.43. The van der Waals surface area contributed by atoms with Crippen LogP contribution < -0.4 is 5.32 Å². The first-order valence-electron chi connectivity index (χ1n) is 5.84. The minimum Gasteiger partial charge on any atom is -0.507 e. The minimum atomic E-state index is -1.42. The summed E-state index contributed by atoms with van der Waals surface area (Å²) in [7, 11) is 0. The van der Waals surface area contributed by atoms with E-state index in [4.69, 9.17) is 5.11 Å². The lowest BCUT2D eigenvalue weighted by atomic mass is 9.95. The average Bonchev–Trinajstić information content (AvgIpc) is 2.28. The van der Waals surface area contributed by atoms with Crippen LogP contribution in [0.3, 0.4) is 0 Å². The zero-order valence-corrected chi connectivity index (χ0v) is 10.7. The molecule has 3 N–H and O–H groups in total. The zero-order valence-electron chi connectivity index (χ0n) is 10.7. The molecule has 0 heterocycles. The van der Waals surface area contributed by atoms with Gasteiger partial charge in [0.1, 0.15) is 17.1 Å². The second kappa shape index (κ2) is 5.69. The molecule has 0 aromatic heterocycles. The van der Waals surface area contributed by atoms with E-state index < -0.39 is 29.0 Å². The van der Waals surface area contributed by atoms with Crippen molar-refractivity contribution in [1.82, 2.24) is 5.32 Å². The first-order valence-corrected chi connectivity index (χ1v) is 5.84. The highest BCUT2D eigenvalue weighted by Gasteiger charge is 2.34. The highest BCUT2D eigenvalue weighted by Crippen LogP contribution is 2.20. The number of hydrogen-bond donors (Lipinski definition) is 3. The number of halogens is 1. The predicted molar refractivity (Wildman–Crippen MR) is 66.5 cm³/mol. The Bertz CT molecular complexity index is 503. The number of carboxylic acid groups (broad SMARTS) is 1. The van der Waals surface area contributed by atoms with Crippen molar-refractivity contribution < 1.29 is 24.2 Å². The number of nitrogens with one attached hydrogen (secondary N) is 1. The standard InChI is InChI=1S/C13H16FNO4/c1-3-6-13(2,12(18)19)15-11(17)9-5-4-8(14)7-10(9)16/h4-5,7,16H,3,6H2,1-2H3,(H,15,17)(H,18,19). The third-order valence-electron chi connectivity index (χ3n) is 2.82. The largest absolute Gasteiger partial charge is 0.507 e. The number of phenolic OH excluding ortho intramolecular Hbond substituents is 1. The van der Waals surface area contributed by atoms with Crippen LogP contribution in [0.1, 0.15) is 37.0 Å². The molecule has 1 atom stereocenters. The topological polar surface area (TPSA) is 86.6 Å². The van der Waals surface area contributed by atoms with E-state index in [-0.39, 0.29) is 12.0 Å². The highest BCUT2D eigenvalue weighted by molar-refractivity contribution is 5.99. The molecule has 1 amide bonds. The molecule has 6 heteroatoms. The maximum atomic E-state index is 12.8. The van der Waals surface area contributed by atoms with Gasteiger partial charge in [-0.25, -0.2) is 9.18 Å². The molecule has 0 aliphatic carbocycles. The molecule has 0 radical (unpaired) electrons. The predicted octanol–water partition coefficient (Wildman–Crippen LogP) is 1.90. The molecule has 0 spiro atoms. The molecule has 1 unspecified atom stereocenters. The first-order chi connectivity index (χ1) is 8.80. The summed E-state index contributed by atoms with van der Waals surface area (Å²) in [6.07, 6.45) is 0.814. The van der Waals surface area contributed by atoms with Crippen LogP contribution in [0.15, 0.2) is 18.2 Å². The maximum absolute atomic E-state index is 12.8. The third-order valence-corrected chi connectivity index (χ3v) is 2.82.